The second-order valence-corrected chi connectivity index (χ2v) is 3.47. The minimum absolute atomic E-state index is 0.505. The molecule has 0 amide bonds. The number of hydrogen-bond donors (Lipinski definition) is 1. The lowest BCUT2D eigenvalue weighted by Gasteiger charge is -2.04. The topological polar surface area (TPSA) is 50.9 Å². The summed E-state index contributed by atoms with van der Waals surface area (Å²) in [7, 11) is 1.92. The van der Waals surface area contributed by atoms with E-state index < -0.39 is 6.10 Å². The predicted molar refractivity (Wildman–Crippen MR) is 53.9 cm³/mol. The summed E-state index contributed by atoms with van der Waals surface area (Å²) in [5.41, 5.74) is 2.45. The molecule has 0 aliphatic rings. The Morgan fingerprint density at radius 3 is 2.86 bits per heavy atom. The van der Waals surface area contributed by atoms with E-state index in [4.69, 9.17) is 0 Å². The van der Waals surface area contributed by atoms with Crippen LogP contribution in [0.25, 0.3) is 11.2 Å². The molecule has 1 unspecified atom stereocenters. The first-order valence-electron chi connectivity index (χ1n) is 4.57. The van der Waals surface area contributed by atoms with Gasteiger partial charge < -0.3 is 9.67 Å². The average Bonchev–Trinajstić information content (AvgIpc) is 2.43. The Kier molecular flexibility index (Phi) is 2.00. The number of aryl methyl sites for hydroxylation is 2. The van der Waals surface area contributed by atoms with Gasteiger partial charge in [0.2, 0.25) is 0 Å². The molecule has 2 aromatic heterocycles. The van der Waals surface area contributed by atoms with Crippen molar-refractivity contribution in [2.24, 2.45) is 7.05 Å². The minimum atomic E-state index is -0.505. The summed E-state index contributed by atoms with van der Waals surface area (Å²) in [4.78, 5) is 8.61. The summed E-state index contributed by atoms with van der Waals surface area (Å²) in [5.74, 6) is 0.903. The maximum Gasteiger partial charge on any atom is 0.160 e. The Bertz CT molecular complexity index is 473. The van der Waals surface area contributed by atoms with Crippen LogP contribution in [-0.2, 0) is 7.05 Å². The molecule has 1 N–H and O–H groups in total. The molecule has 0 aliphatic carbocycles. The second kappa shape index (κ2) is 3.06. The van der Waals surface area contributed by atoms with Gasteiger partial charge in [0.25, 0.3) is 0 Å². The first kappa shape index (κ1) is 9.15. The second-order valence-electron chi connectivity index (χ2n) is 3.47. The lowest BCUT2D eigenvalue weighted by molar-refractivity contribution is 0.200. The van der Waals surface area contributed by atoms with Gasteiger partial charge in [-0.2, -0.15) is 0 Å². The zero-order valence-electron chi connectivity index (χ0n) is 8.52. The van der Waals surface area contributed by atoms with Gasteiger partial charge in [-0.15, -0.1) is 0 Å². The van der Waals surface area contributed by atoms with Crippen molar-refractivity contribution in [3.8, 4) is 0 Å². The standard InChI is InChI=1S/C10H13N3O/c1-6(14)8-4-5-11-10-9(8)12-7(2)13(10)3/h4-6,14H,1-3H3. The highest BCUT2D eigenvalue weighted by Gasteiger charge is 2.12. The van der Waals surface area contributed by atoms with Crippen molar-refractivity contribution in [2.45, 2.75) is 20.0 Å². The van der Waals surface area contributed by atoms with Gasteiger partial charge >= 0.3 is 0 Å². The van der Waals surface area contributed by atoms with E-state index in [0.717, 1.165) is 22.6 Å². The van der Waals surface area contributed by atoms with Crippen LogP contribution in [0.15, 0.2) is 12.3 Å². The van der Waals surface area contributed by atoms with Crippen molar-refractivity contribution < 1.29 is 5.11 Å². The predicted octanol–water partition coefficient (Wildman–Crippen LogP) is 1.33. The molecule has 0 bridgehead atoms. The summed E-state index contributed by atoms with van der Waals surface area (Å²) >= 11 is 0. The van der Waals surface area contributed by atoms with Crippen LogP contribution in [0.4, 0.5) is 0 Å². The fourth-order valence-electron chi connectivity index (χ4n) is 1.54. The average molecular weight is 191 g/mol. The van der Waals surface area contributed by atoms with Crippen LogP contribution in [0.5, 0.6) is 0 Å². The zero-order chi connectivity index (χ0) is 10.3. The van der Waals surface area contributed by atoms with Crippen molar-refractivity contribution in [3.63, 3.8) is 0 Å². The Hall–Kier alpha value is -1.42. The quantitative estimate of drug-likeness (QED) is 0.739. The summed E-state index contributed by atoms with van der Waals surface area (Å²) in [6.07, 6.45) is 1.20. The highest BCUT2D eigenvalue weighted by molar-refractivity contribution is 5.75. The van der Waals surface area contributed by atoms with Gasteiger partial charge in [0.05, 0.1) is 6.10 Å². The molecule has 2 heterocycles. The van der Waals surface area contributed by atoms with E-state index >= 15 is 0 Å². The van der Waals surface area contributed by atoms with Gasteiger partial charge in [0, 0.05) is 18.8 Å². The van der Waals surface area contributed by atoms with Crippen LogP contribution >= 0.6 is 0 Å². The first-order valence-corrected chi connectivity index (χ1v) is 4.57. The van der Waals surface area contributed by atoms with E-state index in [-0.39, 0.29) is 0 Å². The third-order valence-electron chi connectivity index (χ3n) is 2.46. The van der Waals surface area contributed by atoms with Crippen molar-refractivity contribution in [1.29, 1.82) is 0 Å². The third-order valence-corrected chi connectivity index (χ3v) is 2.46. The number of hydrogen-bond acceptors (Lipinski definition) is 3. The molecule has 0 fully saturated rings. The van der Waals surface area contributed by atoms with Crippen molar-refractivity contribution >= 4 is 11.2 Å². The summed E-state index contributed by atoms with van der Waals surface area (Å²) in [6, 6.07) is 1.80. The van der Waals surface area contributed by atoms with Crippen LogP contribution < -0.4 is 0 Å². The van der Waals surface area contributed by atoms with Crippen LogP contribution in [0.1, 0.15) is 24.4 Å². The molecular weight excluding hydrogens is 178 g/mol. The summed E-state index contributed by atoms with van der Waals surface area (Å²) in [5, 5.41) is 9.54. The van der Waals surface area contributed by atoms with Crippen molar-refractivity contribution in [3.05, 3.63) is 23.7 Å². The molecule has 74 valence electrons. The van der Waals surface area contributed by atoms with Gasteiger partial charge in [-0.3, -0.25) is 0 Å². The maximum atomic E-state index is 9.54. The van der Waals surface area contributed by atoms with E-state index in [2.05, 4.69) is 9.97 Å². The van der Waals surface area contributed by atoms with E-state index in [9.17, 15) is 5.11 Å². The molecule has 14 heavy (non-hydrogen) atoms. The number of aliphatic hydroxyl groups is 1. The molecule has 0 saturated carbocycles. The molecular formula is C10H13N3O. The fraction of sp³-hybridized carbons (Fsp3) is 0.400. The molecule has 0 radical (unpaired) electrons. The number of pyridine rings is 1. The number of imidazole rings is 1. The lowest BCUT2D eigenvalue weighted by atomic mass is 10.1. The molecule has 0 aromatic carbocycles. The van der Waals surface area contributed by atoms with Crippen molar-refractivity contribution in [1.82, 2.24) is 14.5 Å². The molecule has 0 aliphatic heterocycles. The molecule has 2 rings (SSSR count). The van der Waals surface area contributed by atoms with Crippen LogP contribution in [0, 0.1) is 6.92 Å². The zero-order valence-corrected chi connectivity index (χ0v) is 8.52. The van der Waals surface area contributed by atoms with E-state index in [1.807, 2.05) is 18.5 Å². The molecule has 0 saturated heterocycles. The monoisotopic (exact) mass is 191 g/mol. The summed E-state index contributed by atoms with van der Waals surface area (Å²) < 4.78 is 1.92. The van der Waals surface area contributed by atoms with Gasteiger partial charge in [-0.05, 0) is 19.9 Å². The lowest BCUT2D eigenvalue weighted by Crippen LogP contribution is -1.95. The Labute approximate surface area is 82.2 Å². The Balaban J connectivity index is 2.81. The van der Waals surface area contributed by atoms with Gasteiger partial charge in [-0.1, -0.05) is 0 Å². The molecule has 2 aromatic rings. The Morgan fingerprint density at radius 2 is 2.21 bits per heavy atom. The number of rotatable bonds is 1. The minimum Gasteiger partial charge on any atom is -0.389 e. The molecule has 0 spiro atoms. The molecule has 4 nitrogen and oxygen atoms in total. The van der Waals surface area contributed by atoms with Gasteiger partial charge in [-0.25, -0.2) is 9.97 Å². The highest BCUT2D eigenvalue weighted by atomic mass is 16.3. The van der Waals surface area contributed by atoms with E-state index in [0.29, 0.717) is 0 Å². The van der Waals surface area contributed by atoms with E-state index in [1.165, 1.54) is 0 Å². The summed E-state index contributed by atoms with van der Waals surface area (Å²) in [6.45, 7) is 3.66. The number of fused-ring (bicyclic) bond motifs is 1. The smallest absolute Gasteiger partial charge is 0.160 e. The van der Waals surface area contributed by atoms with Crippen LogP contribution in [-0.4, -0.2) is 19.6 Å². The molecule has 4 heteroatoms. The fourth-order valence-corrected chi connectivity index (χ4v) is 1.54. The van der Waals surface area contributed by atoms with Gasteiger partial charge in [0.15, 0.2) is 5.65 Å². The first-order chi connectivity index (χ1) is 6.61. The van der Waals surface area contributed by atoms with Crippen molar-refractivity contribution in [2.75, 3.05) is 0 Å². The third kappa shape index (κ3) is 1.19. The number of aromatic nitrogens is 3. The van der Waals surface area contributed by atoms with Crippen LogP contribution in [0.3, 0.4) is 0 Å². The Morgan fingerprint density at radius 1 is 1.50 bits per heavy atom. The van der Waals surface area contributed by atoms with Gasteiger partial charge in [0.1, 0.15) is 11.3 Å². The molecule has 1 atom stereocenters. The SMILES string of the molecule is Cc1nc2c(C(C)O)ccnc2n1C. The highest BCUT2D eigenvalue weighted by Crippen LogP contribution is 2.21. The largest absolute Gasteiger partial charge is 0.389 e. The normalized spacial score (nSPS) is 13.4. The number of nitrogens with zero attached hydrogens (tertiary/aromatic N) is 3. The number of aliphatic hydroxyl groups excluding tert-OH is 1. The van der Waals surface area contributed by atoms with Crippen LogP contribution in [0.2, 0.25) is 0 Å². The van der Waals surface area contributed by atoms with E-state index in [1.54, 1.807) is 19.2 Å². The maximum absolute atomic E-state index is 9.54.